The maximum Gasteiger partial charge on any atom is 0.323 e. The fraction of sp³-hybridized carbons (Fsp3) is 0.379. The van der Waals surface area contributed by atoms with Gasteiger partial charge in [-0.05, 0) is 56.9 Å². The Hall–Kier alpha value is -3.80. The third-order valence-electron chi connectivity index (χ3n) is 6.52. The molecule has 10 nitrogen and oxygen atoms in total. The lowest BCUT2D eigenvalue weighted by Crippen LogP contribution is -2.41. The average Bonchev–Trinajstić information content (AvgIpc) is 3.78. The van der Waals surface area contributed by atoms with E-state index in [1.165, 1.54) is 24.5 Å². The summed E-state index contributed by atoms with van der Waals surface area (Å²) in [6.45, 7) is 4.54. The predicted octanol–water partition coefficient (Wildman–Crippen LogP) is 4.70. The molecule has 3 aromatic rings. The van der Waals surface area contributed by atoms with E-state index in [1.807, 2.05) is 0 Å². The SMILES string of the molecule is CCOC(=O)[C@@H](C)N(C/C=C/C(=O)Nc1cc2c(Nc3ccc(F)c(Cl)c3)ncnc2cc1OCC1CC1)CCO. The number of carbonyl (C=O) groups excluding carboxylic acids is 2. The molecule has 1 saturated carbocycles. The van der Waals surface area contributed by atoms with Gasteiger partial charge in [0, 0.05) is 36.3 Å². The fourth-order valence-electron chi connectivity index (χ4n) is 4.06. The number of aromatic nitrogens is 2. The smallest absolute Gasteiger partial charge is 0.323 e. The zero-order valence-electron chi connectivity index (χ0n) is 22.9. The van der Waals surface area contributed by atoms with Gasteiger partial charge in [0.25, 0.3) is 0 Å². The average molecular weight is 586 g/mol. The zero-order valence-corrected chi connectivity index (χ0v) is 23.7. The highest BCUT2D eigenvalue weighted by Crippen LogP contribution is 2.36. The Bertz CT molecular complexity index is 1420. The standard InChI is InChI=1S/C29H33ClFN5O5/c1-3-40-29(39)18(2)36(11-12-37)10-4-5-27(38)35-25-14-21-24(15-26(25)41-16-19-6-7-19)32-17-33-28(21)34-20-8-9-23(31)22(30)13-20/h4-5,8-9,13-15,17-19,37H,3,6-7,10-12,16H2,1-2H3,(H,35,38)(H,32,33,34)/b5-4+/t18-/m1/s1. The zero-order chi connectivity index (χ0) is 29.4. The third-order valence-corrected chi connectivity index (χ3v) is 6.81. The van der Waals surface area contributed by atoms with E-state index in [-0.39, 0.29) is 31.3 Å². The molecule has 0 unspecified atom stereocenters. The lowest BCUT2D eigenvalue weighted by atomic mass is 10.1. The Morgan fingerprint density at radius 3 is 2.78 bits per heavy atom. The molecule has 1 heterocycles. The lowest BCUT2D eigenvalue weighted by Gasteiger charge is -2.25. The first kappa shape index (κ1) is 30.2. The van der Waals surface area contributed by atoms with E-state index in [4.69, 9.17) is 21.1 Å². The minimum absolute atomic E-state index is 0.0296. The molecule has 1 atom stereocenters. The molecular formula is C29H33ClFN5O5. The van der Waals surface area contributed by atoms with Crippen LogP contribution in [0.4, 0.5) is 21.6 Å². The summed E-state index contributed by atoms with van der Waals surface area (Å²) >= 11 is 5.94. The first-order chi connectivity index (χ1) is 19.8. The summed E-state index contributed by atoms with van der Waals surface area (Å²) in [5.74, 6) is 0.0458. The number of nitrogens with zero attached hydrogens (tertiary/aromatic N) is 3. The van der Waals surface area contributed by atoms with Crippen LogP contribution >= 0.6 is 11.6 Å². The highest BCUT2D eigenvalue weighted by Gasteiger charge is 2.23. The van der Waals surface area contributed by atoms with E-state index in [0.29, 0.717) is 46.4 Å². The maximum atomic E-state index is 13.6. The van der Waals surface area contributed by atoms with E-state index < -0.39 is 23.7 Å². The topological polar surface area (TPSA) is 126 Å². The molecule has 2 aromatic carbocycles. The second-order valence-electron chi connectivity index (χ2n) is 9.63. The van der Waals surface area contributed by atoms with E-state index in [2.05, 4.69) is 20.6 Å². The summed E-state index contributed by atoms with van der Waals surface area (Å²) in [6, 6.07) is 7.13. The number of hydrogen-bond acceptors (Lipinski definition) is 9. The largest absolute Gasteiger partial charge is 0.491 e. The summed E-state index contributed by atoms with van der Waals surface area (Å²) in [5.41, 5.74) is 1.54. The summed E-state index contributed by atoms with van der Waals surface area (Å²) in [7, 11) is 0. The van der Waals surface area contributed by atoms with Crippen molar-refractivity contribution >= 4 is 51.6 Å². The lowest BCUT2D eigenvalue weighted by molar-refractivity contribution is -0.148. The van der Waals surface area contributed by atoms with Crippen LogP contribution in [0.3, 0.4) is 0 Å². The number of esters is 1. The first-order valence-electron chi connectivity index (χ1n) is 13.4. The summed E-state index contributed by atoms with van der Waals surface area (Å²) < 4.78 is 24.8. The summed E-state index contributed by atoms with van der Waals surface area (Å²) in [5, 5.41) is 16.0. The van der Waals surface area contributed by atoms with Crippen molar-refractivity contribution in [3.05, 3.63) is 59.7 Å². The van der Waals surface area contributed by atoms with E-state index in [9.17, 15) is 19.1 Å². The van der Waals surface area contributed by atoms with Crippen LogP contribution in [-0.2, 0) is 14.3 Å². The molecule has 1 aliphatic rings. The van der Waals surface area contributed by atoms with E-state index in [0.717, 1.165) is 12.8 Å². The first-order valence-corrected chi connectivity index (χ1v) is 13.8. The van der Waals surface area contributed by atoms with Crippen molar-refractivity contribution in [2.75, 3.05) is 43.5 Å². The highest BCUT2D eigenvalue weighted by atomic mass is 35.5. The summed E-state index contributed by atoms with van der Waals surface area (Å²) in [6.07, 6.45) is 6.57. The highest BCUT2D eigenvalue weighted by molar-refractivity contribution is 6.31. The maximum absolute atomic E-state index is 13.6. The van der Waals surface area contributed by atoms with Gasteiger partial charge in [-0.1, -0.05) is 17.7 Å². The van der Waals surface area contributed by atoms with Gasteiger partial charge in [-0.25, -0.2) is 14.4 Å². The second-order valence-corrected chi connectivity index (χ2v) is 10.0. The Morgan fingerprint density at radius 2 is 2.07 bits per heavy atom. The molecule has 1 fully saturated rings. The number of halogens is 2. The number of rotatable bonds is 14. The van der Waals surface area contributed by atoms with Gasteiger partial charge in [-0.3, -0.25) is 14.5 Å². The molecule has 3 N–H and O–H groups in total. The number of hydrogen-bond donors (Lipinski definition) is 3. The molecule has 4 rings (SSSR count). The van der Waals surface area contributed by atoms with Gasteiger partial charge in [-0.2, -0.15) is 0 Å². The molecule has 41 heavy (non-hydrogen) atoms. The molecule has 0 spiro atoms. The van der Waals surface area contributed by atoms with Crippen molar-refractivity contribution in [1.29, 1.82) is 0 Å². The van der Waals surface area contributed by atoms with Gasteiger partial charge in [-0.15, -0.1) is 0 Å². The van der Waals surface area contributed by atoms with Gasteiger partial charge >= 0.3 is 5.97 Å². The van der Waals surface area contributed by atoms with Crippen LogP contribution in [0.2, 0.25) is 5.02 Å². The molecule has 1 amide bonds. The Morgan fingerprint density at radius 1 is 1.27 bits per heavy atom. The van der Waals surface area contributed by atoms with Gasteiger partial charge in [0.1, 0.15) is 29.8 Å². The normalized spacial score (nSPS) is 13.9. The van der Waals surface area contributed by atoms with Crippen LogP contribution in [0.1, 0.15) is 26.7 Å². The second kappa shape index (κ2) is 14.2. The molecule has 0 radical (unpaired) electrons. The Labute approximate surface area is 242 Å². The number of nitrogens with one attached hydrogen (secondary N) is 2. The molecule has 12 heteroatoms. The minimum atomic E-state index is -0.584. The van der Waals surface area contributed by atoms with Crippen molar-refractivity contribution in [3.63, 3.8) is 0 Å². The molecule has 0 bridgehead atoms. The van der Waals surface area contributed by atoms with Crippen LogP contribution in [0, 0.1) is 11.7 Å². The molecule has 1 aliphatic carbocycles. The number of carbonyl (C=O) groups is 2. The van der Waals surface area contributed by atoms with Gasteiger partial charge in [0.15, 0.2) is 0 Å². The minimum Gasteiger partial charge on any atom is -0.491 e. The molecule has 1 aromatic heterocycles. The van der Waals surface area contributed by atoms with Gasteiger partial charge < -0.3 is 25.2 Å². The Kier molecular flexibility index (Phi) is 10.4. The van der Waals surface area contributed by atoms with Crippen molar-refractivity contribution in [2.24, 2.45) is 5.92 Å². The Balaban J connectivity index is 1.55. The molecule has 0 saturated heterocycles. The number of amides is 1. The van der Waals surface area contributed by atoms with E-state index in [1.54, 1.807) is 43.0 Å². The molecule has 0 aliphatic heterocycles. The predicted molar refractivity (Wildman–Crippen MR) is 155 cm³/mol. The van der Waals surface area contributed by atoms with Crippen LogP contribution in [-0.4, -0.2) is 70.8 Å². The van der Waals surface area contributed by atoms with Crippen LogP contribution in [0.5, 0.6) is 5.75 Å². The van der Waals surface area contributed by atoms with Crippen LogP contribution in [0.15, 0.2) is 48.8 Å². The van der Waals surface area contributed by atoms with Gasteiger partial charge in [0.2, 0.25) is 5.91 Å². The summed E-state index contributed by atoms with van der Waals surface area (Å²) in [4.78, 5) is 35.5. The third kappa shape index (κ3) is 8.35. The number of aliphatic hydroxyl groups is 1. The van der Waals surface area contributed by atoms with Crippen molar-refractivity contribution in [2.45, 2.75) is 32.7 Å². The van der Waals surface area contributed by atoms with Crippen LogP contribution in [0.25, 0.3) is 10.9 Å². The quantitative estimate of drug-likeness (QED) is 0.182. The fourth-order valence-corrected chi connectivity index (χ4v) is 4.24. The van der Waals surface area contributed by atoms with E-state index >= 15 is 0 Å². The van der Waals surface area contributed by atoms with Crippen molar-refractivity contribution < 1.29 is 28.6 Å². The van der Waals surface area contributed by atoms with Crippen molar-refractivity contribution in [3.8, 4) is 5.75 Å². The molecule has 218 valence electrons. The van der Waals surface area contributed by atoms with Crippen molar-refractivity contribution in [1.82, 2.24) is 14.9 Å². The number of aliphatic hydroxyl groups excluding tert-OH is 1. The number of benzene rings is 2. The number of ether oxygens (including phenoxy) is 2. The van der Waals surface area contributed by atoms with Crippen LogP contribution < -0.4 is 15.4 Å². The molecular weight excluding hydrogens is 553 g/mol. The van der Waals surface area contributed by atoms with Gasteiger partial charge in [0.05, 0.1) is 36.0 Å². The monoisotopic (exact) mass is 585 g/mol. The number of fused-ring (bicyclic) bond motifs is 1. The number of anilines is 3.